The first-order valence-electron chi connectivity index (χ1n) is 8.13. The van der Waals surface area contributed by atoms with Crippen LogP contribution in [0, 0.1) is 12.8 Å². The lowest BCUT2D eigenvalue weighted by atomic mass is 10.1. The van der Waals surface area contributed by atoms with Gasteiger partial charge in [0.15, 0.2) is 0 Å². The maximum absolute atomic E-state index is 12.1. The van der Waals surface area contributed by atoms with Gasteiger partial charge >= 0.3 is 0 Å². The number of hydrogen-bond acceptors (Lipinski definition) is 4. The summed E-state index contributed by atoms with van der Waals surface area (Å²) in [5.74, 6) is 0.130. The number of rotatable bonds is 7. The zero-order valence-corrected chi connectivity index (χ0v) is 17.0. The topological polar surface area (TPSA) is 71.1 Å². The molecular formula is C18H22BrN3O2S. The lowest BCUT2D eigenvalue weighted by molar-refractivity contribution is -0.116. The number of carbonyl (C=O) groups excluding carboxylic acids is 2. The Morgan fingerprint density at radius 1 is 1.32 bits per heavy atom. The fraction of sp³-hybridized carbons (Fsp3) is 0.389. The molecule has 0 saturated carbocycles. The lowest BCUT2D eigenvalue weighted by Gasteiger charge is -2.09. The van der Waals surface area contributed by atoms with Gasteiger partial charge in [0.1, 0.15) is 5.69 Å². The normalized spacial score (nSPS) is 10.8. The maximum Gasteiger partial charge on any atom is 0.270 e. The summed E-state index contributed by atoms with van der Waals surface area (Å²) < 4.78 is 0.905. The van der Waals surface area contributed by atoms with Crippen molar-refractivity contribution in [2.45, 2.75) is 33.6 Å². The molecule has 0 atom stereocenters. The van der Waals surface area contributed by atoms with Crippen molar-refractivity contribution in [3.05, 3.63) is 44.3 Å². The Morgan fingerprint density at radius 3 is 2.80 bits per heavy atom. The molecule has 0 unspecified atom stereocenters. The van der Waals surface area contributed by atoms with E-state index in [1.807, 2.05) is 25.1 Å². The van der Waals surface area contributed by atoms with E-state index in [-0.39, 0.29) is 24.8 Å². The number of hydrogen-bond donors (Lipinski definition) is 2. The van der Waals surface area contributed by atoms with Gasteiger partial charge in [-0.3, -0.25) is 9.59 Å². The average molecular weight is 424 g/mol. The Labute approximate surface area is 160 Å². The summed E-state index contributed by atoms with van der Waals surface area (Å²) in [6.07, 6.45) is 1.08. The van der Waals surface area contributed by atoms with Crippen LogP contribution in [-0.2, 0) is 11.2 Å². The van der Waals surface area contributed by atoms with Crippen LogP contribution in [0.25, 0.3) is 0 Å². The van der Waals surface area contributed by atoms with Gasteiger partial charge in [-0.05, 0) is 30.5 Å². The van der Waals surface area contributed by atoms with E-state index in [1.165, 1.54) is 11.3 Å². The first-order valence-corrected chi connectivity index (χ1v) is 9.81. The molecule has 0 fully saturated rings. The Balaban J connectivity index is 1.79. The number of aromatic nitrogens is 1. The summed E-state index contributed by atoms with van der Waals surface area (Å²) in [6.45, 7) is 6.44. The summed E-state index contributed by atoms with van der Waals surface area (Å²) in [6, 6.07) is 5.71. The van der Waals surface area contributed by atoms with Gasteiger partial charge in [-0.1, -0.05) is 35.8 Å². The number of benzene rings is 1. The van der Waals surface area contributed by atoms with Crippen LogP contribution < -0.4 is 10.6 Å². The number of nitrogens with zero attached hydrogens (tertiary/aromatic N) is 1. The van der Waals surface area contributed by atoms with E-state index in [0.717, 1.165) is 27.2 Å². The maximum atomic E-state index is 12.1. The molecule has 5 nitrogen and oxygen atoms in total. The van der Waals surface area contributed by atoms with Crippen molar-refractivity contribution in [1.82, 2.24) is 10.3 Å². The fourth-order valence-electron chi connectivity index (χ4n) is 2.18. The predicted molar refractivity (Wildman–Crippen MR) is 105 cm³/mol. The van der Waals surface area contributed by atoms with Crippen LogP contribution in [0.1, 0.15) is 41.3 Å². The molecule has 7 heteroatoms. The standard InChI is InChI=1S/C18H22BrN3O2S/c1-11(2)8-17-22-15(10-25-17)18(24)20-7-6-16(23)21-14-9-13(19)5-4-12(14)3/h4-5,9-11H,6-8H2,1-3H3,(H,20,24)(H,21,23). The first-order chi connectivity index (χ1) is 11.8. The second-order valence-electron chi connectivity index (χ2n) is 6.24. The van der Waals surface area contributed by atoms with E-state index < -0.39 is 0 Å². The van der Waals surface area contributed by atoms with Crippen molar-refractivity contribution in [1.29, 1.82) is 0 Å². The molecule has 0 aliphatic rings. The molecule has 2 rings (SSSR count). The molecular weight excluding hydrogens is 402 g/mol. The molecule has 0 saturated heterocycles. The molecule has 0 aliphatic carbocycles. The largest absolute Gasteiger partial charge is 0.350 e. The van der Waals surface area contributed by atoms with Gasteiger partial charge in [0.2, 0.25) is 5.91 Å². The molecule has 1 heterocycles. The van der Waals surface area contributed by atoms with E-state index in [1.54, 1.807) is 5.38 Å². The van der Waals surface area contributed by atoms with E-state index in [4.69, 9.17) is 0 Å². The number of anilines is 1. The number of aryl methyl sites for hydroxylation is 1. The van der Waals surface area contributed by atoms with Gasteiger partial charge < -0.3 is 10.6 Å². The highest BCUT2D eigenvalue weighted by molar-refractivity contribution is 9.10. The van der Waals surface area contributed by atoms with Crippen LogP contribution in [0.3, 0.4) is 0 Å². The molecule has 2 aromatic rings. The third kappa shape index (κ3) is 6.25. The van der Waals surface area contributed by atoms with Crippen LogP contribution in [0.5, 0.6) is 0 Å². The Kier molecular flexibility index (Phi) is 7.13. The van der Waals surface area contributed by atoms with Gasteiger partial charge in [-0.15, -0.1) is 11.3 Å². The van der Waals surface area contributed by atoms with Gasteiger partial charge in [0.05, 0.1) is 5.01 Å². The number of halogens is 1. The Bertz CT molecular complexity index is 759. The minimum atomic E-state index is -0.238. The van der Waals surface area contributed by atoms with Crippen molar-refractivity contribution in [3.8, 4) is 0 Å². The number of thiazole rings is 1. The highest BCUT2D eigenvalue weighted by Gasteiger charge is 2.12. The van der Waals surface area contributed by atoms with Gasteiger partial charge in [-0.2, -0.15) is 0 Å². The third-order valence-electron chi connectivity index (χ3n) is 3.48. The van der Waals surface area contributed by atoms with E-state index >= 15 is 0 Å². The molecule has 0 radical (unpaired) electrons. The summed E-state index contributed by atoms with van der Waals surface area (Å²) >= 11 is 4.88. The summed E-state index contributed by atoms with van der Waals surface area (Å²) in [7, 11) is 0. The second-order valence-corrected chi connectivity index (χ2v) is 8.10. The number of amides is 2. The number of carbonyl (C=O) groups is 2. The summed E-state index contributed by atoms with van der Waals surface area (Å²) in [4.78, 5) is 28.4. The summed E-state index contributed by atoms with van der Waals surface area (Å²) in [5.41, 5.74) is 2.17. The van der Waals surface area contributed by atoms with E-state index in [2.05, 4.69) is 45.4 Å². The van der Waals surface area contributed by atoms with Crippen LogP contribution in [0.15, 0.2) is 28.1 Å². The SMILES string of the molecule is Cc1ccc(Br)cc1NC(=O)CCNC(=O)c1csc(CC(C)C)n1. The molecule has 134 valence electrons. The minimum Gasteiger partial charge on any atom is -0.350 e. The Morgan fingerprint density at radius 2 is 2.08 bits per heavy atom. The molecule has 0 bridgehead atoms. The van der Waals surface area contributed by atoms with Crippen LogP contribution >= 0.6 is 27.3 Å². The minimum absolute atomic E-state index is 0.139. The Hall–Kier alpha value is -1.73. The second kappa shape index (κ2) is 9.10. The van der Waals surface area contributed by atoms with E-state index in [0.29, 0.717) is 11.6 Å². The van der Waals surface area contributed by atoms with Crippen molar-refractivity contribution in [2.75, 3.05) is 11.9 Å². The lowest BCUT2D eigenvalue weighted by Crippen LogP contribution is -2.28. The highest BCUT2D eigenvalue weighted by Crippen LogP contribution is 2.20. The molecule has 25 heavy (non-hydrogen) atoms. The monoisotopic (exact) mass is 423 g/mol. The van der Waals surface area contributed by atoms with Crippen LogP contribution in [0.4, 0.5) is 5.69 Å². The highest BCUT2D eigenvalue weighted by atomic mass is 79.9. The van der Waals surface area contributed by atoms with Gasteiger partial charge in [0.25, 0.3) is 5.91 Å². The zero-order chi connectivity index (χ0) is 18.4. The molecule has 1 aromatic heterocycles. The first kappa shape index (κ1) is 19.6. The average Bonchev–Trinajstić information content (AvgIpc) is 2.98. The fourth-order valence-corrected chi connectivity index (χ4v) is 3.53. The molecule has 1 aromatic carbocycles. The van der Waals surface area contributed by atoms with Gasteiger partial charge in [0, 0.05) is 34.9 Å². The summed E-state index contributed by atoms with van der Waals surface area (Å²) in [5, 5.41) is 8.32. The zero-order valence-electron chi connectivity index (χ0n) is 14.6. The number of nitrogens with one attached hydrogen (secondary N) is 2. The van der Waals surface area contributed by atoms with Crippen LogP contribution in [-0.4, -0.2) is 23.3 Å². The van der Waals surface area contributed by atoms with Crippen molar-refractivity contribution < 1.29 is 9.59 Å². The third-order valence-corrected chi connectivity index (χ3v) is 4.84. The molecule has 0 spiro atoms. The van der Waals surface area contributed by atoms with Crippen molar-refractivity contribution in [3.63, 3.8) is 0 Å². The van der Waals surface area contributed by atoms with Gasteiger partial charge in [-0.25, -0.2) is 4.98 Å². The van der Waals surface area contributed by atoms with Crippen LogP contribution in [0.2, 0.25) is 0 Å². The smallest absolute Gasteiger partial charge is 0.270 e. The molecule has 2 amide bonds. The molecule has 0 aliphatic heterocycles. The van der Waals surface area contributed by atoms with E-state index in [9.17, 15) is 9.59 Å². The quantitative estimate of drug-likeness (QED) is 0.701. The molecule has 2 N–H and O–H groups in total. The predicted octanol–water partition coefficient (Wildman–Crippen LogP) is 4.17. The van der Waals surface area contributed by atoms with Crippen molar-refractivity contribution >= 4 is 44.8 Å². The van der Waals surface area contributed by atoms with Crippen molar-refractivity contribution in [2.24, 2.45) is 5.92 Å².